The summed E-state index contributed by atoms with van der Waals surface area (Å²) in [5.74, 6) is 0.0235. The minimum Gasteiger partial charge on any atom is -0.367 e. The number of aromatic nitrogens is 1. The number of nitrogens with zero attached hydrogens (tertiary/aromatic N) is 2. The summed E-state index contributed by atoms with van der Waals surface area (Å²) in [6, 6.07) is 7.08. The van der Waals surface area contributed by atoms with Crippen LogP contribution in [0.5, 0.6) is 0 Å². The molecule has 1 atom stereocenters. The van der Waals surface area contributed by atoms with Crippen LogP contribution < -0.4 is 4.90 Å². The molecule has 1 aliphatic carbocycles. The average Bonchev–Trinajstić information content (AvgIpc) is 3.13. The fourth-order valence-corrected chi connectivity index (χ4v) is 4.94. The van der Waals surface area contributed by atoms with Gasteiger partial charge in [0.25, 0.3) is 0 Å². The SMILES string of the molecule is C=CC(=O)N1CC(N(C)c2ccc(C)c3[nH]c(C4=CCC(SC)CC4)cc23)C1. The maximum atomic E-state index is 11.8. The monoisotopic (exact) mass is 395 g/mol. The third-order valence-corrected chi connectivity index (χ3v) is 7.39. The summed E-state index contributed by atoms with van der Waals surface area (Å²) in [7, 11) is 2.14. The zero-order chi connectivity index (χ0) is 19.8. The van der Waals surface area contributed by atoms with Gasteiger partial charge in [-0.2, -0.15) is 11.8 Å². The summed E-state index contributed by atoms with van der Waals surface area (Å²) in [6.07, 6.45) is 9.58. The lowest BCUT2D eigenvalue weighted by Crippen LogP contribution is -2.60. The van der Waals surface area contributed by atoms with E-state index < -0.39 is 0 Å². The number of likely N-dealkylation sites (tertiary alicyclic amines) is 1. The number of anilines is 1. The Kier molecular flexibility index (Phi) is 5.28. The van der Waals surface area contributed by atoms with Gasteiger partial charge < -0.3 is 14.8 Å². The molecule has 1 amide bonds. The van der Waals surface area contributed by atoms with Gasteiger partial charge in [0.2, 0.25) is 5.91 Å². The molecule has 1 fully saturated rings. The maximum Gasteiger partial charge on any atom is 0.246 e. The van der Waals surface area contributed by atoms with E-state index in [1.165, 1.54) is 45.9 Å². The van der Waals surface area contributed by atoms with E-state index >= 15 is 0 Å². The molecule has 0 radical (unpaired) electrons. The number of carbonyl (C=O) groups is 1. The van der Waals surface area contributed by atoms with Gasteiger partial charge in [-0.3, -0.25) is 4.79 Å². The molecule has 1 aliphatic heterocycles. The van der Waals surface area contributed by atoms with E-state index in [1.54, 1.807) is 0 Å². The van der Waals surface area contributed by atoms with Crippen molar-refractivity contribution >= 4 is 39.8 Å². The zero-order valence-corrected chi connectivity index (χ0v) is 17.8. The Bertz CT molecular complexity index is 939. The summed E-state index contributed by atoms with van der Waals surface area (Å²) in [5.41, 5.74) is 6.44. The Morgan fingerprint density at radius 1 is 1.39 bits per heavy atom. The van der Waals surface area contributed by atoms with Crippen LogP contribution in [0.1, 0.15) is 30.5 Å². The minimum absolute atomic E-state index is 0.0235. The number of rotatable bonds is 5. The van der Waals surface area contributed by atoms with Crippen molar-refractivity contribution < 1.29 is 4.79 Å². The molecule has 1 aromatic carbocycles. The van der Waals surface area contributed by atoms with Gasteiger partial charge in [-0.15, -0.1) is 0 Å². The lowest BCUT2D eigenvalue weighted by Gasteiger charge is -2.44. The molecule has 2 aliphatic rings. The van der Waals surface area contributed by atoms with Crippen LogP contribution in [0.2, 0.25) is 0 Å². The number of likely N-dealkylation sites (N-methyl/N-ethyl adjacent to an activating group) is 1. The summed E-state index contributed by atoms with van der Waals surface area (Å²) in [5, 5.41) is 2.04. The Labute approximate surface area is 171 Å². The van der Waals surface area contributed by atoms with Crippen molar-refractivity contribution in [3.63, 3.8) is 0 Å². The molecule has 148 valence electrons. The van der Waals surface area contributed by atoms with Crippen LogP contribution in [0.3, 0.4) is 0 Å². The number of aromatic amines is 1. The van der Waals surface area contributed by atoms with Crippen molar-refractivity contribution in [2.75, 3.05) is 31.3 Å². The molecule has 2 heterocycles. The van der Waals surface area contributed by atoms with Gasteiger partial charge in [-0.1, -0.05) is 18.7 Å². The standard InChI is InChI=1S/C23H29N3OS/c1-5-22(27)26-13-17(14-26)25(3)21-11-6-15(2)23-19(21)12-20(24-23)16-7-9-18(28-4)10-8-16/h5-7,11-12,17-18,24H,1,8-10,13-14H2,2-4H3. The minimum atomic E-state index is 0.0235. The van der Waals surface area contributed by atoms with Crippen LogP contribution in [0.4, 0.5) is 5.69 Å². The third-order valence-electron chi connectivity index (χ3n) is 6.30. The second-order valence-electron chi connectivity index (χ2n) is 7.95. The zero-order valence-electron chi connectivity index (χ0n) is 17.0. The number of hydrogen-bond donors (Lipinski definition) is 1. The maximum absolute atomic E-state index is 11.8. The fraction of sp³-hybridized carbons (Fsp3) is 0.435. The van der Waals surface area contributed by atoms with Gasteiger partial charge >= 0.3 is 0 Å². The summed E-state index contributed by atoms with van der Waals surface area (Å²) in [4.78, 5) is 19.6. The smallest absolute Gasteiger partial charge is 0.246 e. The quantitative estimate of drug-likeness (QED) is 0.752. The highest BCUT2D eigenvalue weighted by Crippen LogP contribution is 2.37. The Morgan fingerprint density at radius 3 is 2.82 bits per heavy atom. The lowest BCUT2D eigenvalue weighted by atomic mass is 9.96. The number of benzene rings is 1. The Morgan fingerprint density at radius 2 is 2.18 bits per heavy atom. The molecule has 5 heteroatoms. The molecule has 0 spiro atoms. The van der Waals surface area contributed by atoms with Crippen molar-refractivity contribution in [2.24, 2.45) is 0 Å². The van der Waals surface area contributed by atoms with Crippen LogP contribution >= 0.6 is 11.8 Å². The van der Waals surface area contributed by atoms with Crippen molar-refractivity contribution in [3.8, 4) is 0 Å². The highest BCUT2D eigenvalue weighted by molar-refractivity contribution is 7.99. The Hall–Kier alpha value is -2.14. The molecular formula is C23H29N3OS. The fourth-order valence-electron chi connectivity index (χ4n) is 4.30. The largest absolute Gasteiger partial charge is 0.367 e. The van der Waals surface area contributed by atoms with E-state index in [9.17, 15) is 4.79 Å². The van der Waals surface area contributed by atoms with Crippen LogP contribution in [0.15, 0.2) is 36.9 Å². The summed E-state index contributed by atoms with van der Waals surface area (Å²) >= 11 is 1.98. The molecule has 2 aromatic rings. The van der Waals surface area contributed by atoms with Crippen molar-refractivity contribution in [1.82, 2.24) is 9.88 Å². The predicted octanol–water partition coefficient (Wildman–Crippen LogP) is 4.61. The second kappa shape index (κ2) is 7.70. The molecule has 1 aromatic heterocycles. The van der Waals surface area contributed by atoms with Gasteiger partial charge in [-0.25, -0.2) is 0 Å². The van der Waals surface area contributed by atoms with E-state index in [-0.39, 0.29) is 5.91 Å². The molecule has 1 unspecified atom stereocenters. The lowest BCUT2D eigenvalue weighted by molar-refractivity contribution is -0.130. The van der Waals surface area contributed by atoms with Crippen LogP contribution in [-0.4, -0.2) is 53.5 Å². The molecular weight excluding hydrogens is 366 g/mol. The summed E-state index contributed by atoms with van der Waals surface area (Å²) < 4.78 is 0. The normalized spacial score (nSPS) is 20.0. The number of fused-ring (bicyclic) bond motifs is 1. The van der Waals surface area contributed by atoms with Gasteiger partial charge in [0.1, 0.15) is 0 Å². The number of thioether (sulfide) groups is 1. The first-order chi connectivity index (χ1) is 13.5. The first-order valence-electron chi connectivity index (χ1n) is 10.0. The third kappa shape index (κ3) is 3.37. The first kappa shape index (κ1) is 19.2. The number of hydrogen-bond acceptors (Lipinski definition) is 3. The van der Waals surface area contributed by atoms with Crippen molar-refractivity contribution in [3.05, 3.63) is 48.2 Å². The molecule has 0 saturated carbocycles. The predicted molar refractivity (Wildman–Crippen MR) is 121 cm³/mol. The average molecular weight is 396 g/mol. The van der Waals surface area contributed by atoms with Gasteiger partial charge in [-0.05, 0) is 61.8 Å². The van der Waals surface area contributed by atoms with E-state index in [0.717, 1.165) is 31.2 Å². The summed E-state index contributed by atoms with van der Waals surface area (Å²) in [6.45, 7) is 7.27. The number of amides is 1. The van der Waals surface area contributed by atoms with Crippen LogP contribution in [0, 0.1) is 6.92 Å². The number of allylic oxidation sites excluding steroid dienone is 2. The van der Waals surface area contributed by atoms with E-state index in [2.05, 4.69) is 61.0 Å². The van der Waals surface area contributed by atoms with Crippen molar-refractivity contribution in [2.45, 2.75) is 37.5 Å². The highest BCUT2D eigenvalue weighted by atomic mass is 32.2. The van der Waals surface area contributed by atoms with E-state index in [1.807, 2.05) is 16.7 Å². The molecule has 28 heavy (non-hydrogen) atoms. The van der Waals surface area contributed by atoms with Gasteiger partial charge in [0.15, 0.2) is 0 Å². The molecule has 4 nitrogen and oxygen atoms in total. The van der Waals surface area contributed by atoms with Crippen LogP contribution in [-0.2, 0) is 4.79 Å². The van der Waals surface area contributed by atoms with Gasteiger partial charge in [0, 0.05) is 42.2 Å². The number of H-pyrrole nitrogens is 1. The number of aryl methyl sites for hydroxylation is 1. The van der Waals surface area contributed by atoms with Crippen LogP contribution in [0.25, 0.3) is 16.5 Å². The van der Waals surface area contributed by atoms with Gasteiger partial charge in [0.05, 0.1) is 11.6 Å². The number of carbonyl (C=O) groups excluding carboxylic acids is 1. The topological polar surface area (TPSA) is 39.3 Å². The second-order valence-corrected chi connectivity index (χ2v) is 9.08. The molecule has 0 bridgehead atoms. The Balaban J connectivity index is 1.61. The first-order valence-corrected chi connectivity index (χ1v) is 11.3. The molecule has 1 N–H and O–H groups in total. The number of nitrogens with one attached hydrogen (secondary N) is 1. The molecule has 1 saturated heterocycles. The van der Waals surface area contributed by atoms with E-state index in [4.69, 9.17) is 0 Å². The highest BCUT2D eigenvalue weighted by Gasteiger charge is 2.33. The van der Waals surface area contributed by atoms with Crippen molar-refractivity contribution in [1.29, 1.82) is 0 Å². The van der Waals surface area contributed by atoms with E-state index in [0.29, 0.717) is 6.04 Å². The molecule has 4 rings (SSSR count).